The summed E-state index contributed by atoms with van der Waals surface area (Å²) in [7, 11) is 0. The van der Waals surface area contributed by atoms with E-state index in [1.54, 1.807) is 17.0 Å². The molecule has 31 heavy (non-hydrogen) atoms. The molecule has 0 bridgehead atoms. The lowest BCUT2D eigenvalue weighted by Gasteiger charge is -2.14. The van der Waals surface area contributed by atoms with Crippen LogP contribution in [0.4, 0.5) is 0 Å². The number of amides is 2. The zero-order valence-corrected chi connectivity index (χ0v) is 18.5. The van der Waals surface area contributed by atoms with E-state index in [1.807, 2.05) is 30.3 Å². The van der Waals surface area contributed by atoms with Crippen LogP contribution in [0.2, 0.25) is 0 Å². The van der Waals surface area contributed by atoms with Gasteiger partial charge in [0.1, 0.15) is 15.8 Å². The van der Waals surface area contributed by atoms with E-state index in [0.717, 1.165) is 24.8 Å². The Morgan fingerprint density at radius 1 is 1.10 bits per heavy atom. The molecule has 0 aromatic heterocycles. The van der Waals surface area contributed by atoms with Crippen LogP contribution in [0.25, 0.3) is 6.08 Å². The summed E-state index contributed by atoms with van der Waals surface area (Å²) >= 11 is 6.52. The van der Waals surface area contributed by atoms with E-state index in [1.165, 1.54) is 23.9 Å². The number of carbonyl (C=O) groups excluding carboxylic acids is 2. The summed E-state index contributed by atoms with van der Waals surface area (Å²) < 4.78 is 0.482. The van der Waals surface area contributed by atoms with Gasteiger partial charge in [0.05, 0.1) is 4.91 Å². The van der Waals surface area contributed by atoms with Gasteiger partial charge in [0, 0.05) is 31.1 Å². The van der Waals surface area contributed by atoms with Crippen molar-refractivity contribution >= 4 is 46.2 Å². The Labute approximate surface area is 191 Å². The van der Waals surface area contributed by atoms with Crippen LogP contribution in [0.1, 0.15) is 36.8 Å². The number of phenols is 2. The molecule has 8 heteroatoms. The lowest BCUT2D eigenvalue weighted by molar-refractivity contribution is -0.123. The predicted octanol–water partition coefficient (Wildman–Crippen LogP) is 4.18. The molecule has 1 fully saturated rings. The van der Waals surface area contributed by atoms with Crippen molar-refractivity contribution in [3.8, 4) is 11.5 Å². The van der Waals surface area contributed by atoms with Crippen molar-refractivity contribution in [2.24, 2.45) is 0 Å². The van der Waals surface area contributed by atoms with Crippen molar-refractivity contribution in [3.63, 3.8) is 0 Å². The van der Waals surface area contributed by atoms with Crippen molar-refractivity contribution in [2.75, 3.05) is 6.54 Å². The highest BCUT2D eigenvalue weighted by Crippen LogP contribution is 2.35. The van der Waals surface area contributed by atoms with E-state index >= 15 is 0 Å². The van der Waals surface area contributed by atoms with Crippen molar-refractivity contribution in [1.82, 2.24) is 10.2 Å². The van der Waals surface area contributed by atoms with Crippen molar-refractivity contribution in [2.45, 2.75) is 32.2 Å². The third kappa shape index (κ3) is 6.57. The van der Waals surface area contributed by atoms with Gasteiger partial charge in [-0.05, 0) is 36.6 Å². The molecule has 0 unspecified atom stereocenters. The number of nitrogens with one attached hydrogen (secondary N) is 1. The van der Waals surface area contributed by atoms with Gasteiger partial charge < -0.3 is 15.5 Å². The van der Waals surface area contributed by atoms with E-state index in [9.17, 15) is 19.8 Å². The Morgan fingerprint density at radius 3 is 2.61 bits per heavy atom. The molecule has 0 spiro atoms. The molecule has 0 saturated carbocycles. The second kappa shape index (κ2) is 11.0. The molecule has 162 valence electrons. The fraction of sp³-hybridized carbons (Fsp3) is 0.261. The topological polar surface area (TPSA) is 89.9 Å². The van der Waals surface area contributed by atoms with Crippen LogP contribution in [0, 0.1) is 0 Å². The molecular formula is C23H24N2O4S2. The maximum absolute atomic E-state index is 12.6. The van der Waals surface area contributed by atoms with Crippen molar-refractivity contribution in [3.05, 3.63) is 64.6 Å². The number of unbranched alkanes of at least 4 members (excludes halogenated alkanes) is 2. The van der Waals surface area contributed by atoms with Gasteiger partial charge in [-0.25, -0.2) is 0 Å². The first-order valence-corrected chi connectivity index (χ1v) is 11.2. The van der Waals surface area contributed by atoms with E-state index in [0.29, 0.717) is 34.3 Å². The molecule has 1 saturated heterocycles. The van der Waals surface area contributed by atoms with Gasteiger partial charge >= 0.3 is 0 Å². The number of carbonyl (C=O) groups is 2. The summed E-state index contributed by atoms with van der Waals surface area (Å²) in [5.41, 5.74) is 1.51. The summed E-state index contributed by atoms with van der Waals surface area (Å²) in [5, 5.41) is 22.2. The maximum atomic E-state index is 12.6. The number of benzene rings is 2. The SMILES string of the molecule is O=C(CCCCCN1C(=O)/C(=C/c2ccc(O)cc2O)SC1=S)NCc1ccccc1. The fourth-order valence-electron chi connectivity index (χ4n) is 3.11. The summed E-state index contributed by atoms with van der Waals surface area (Å²) in [6.07, 6.45) is 4.33. The van der Waals surface area contributed by atoms with Gasteiger partial charge in [0.2, 0.25) is 5.91 Å². The second-order valence-electron chi connectivity index (χ2n) is 7.15. The van der Waals surface area contributed by atoms with Crippen LogP contribution >= 0.6 is 24.0 Å². The number of nitrogens with zero attached hydrogens (tertiary/aromatic N) is 1. The molecule has 3 N–H and O–H groups in total. The first-order valence-electron chi connectivity index (χ1n) is 10.0. The number of hydrogen-bond acceptors (Lipinski definition) is 6. The second-order valence-corrected chi connectivity index (χ2v) is 8.83. The molecule has 1 aliphatic heterocycles. The molecule has 3 rings (SSSR count). The lowest BCUT2D eigenvalue weighted by Crippen LogP contribution is -2.29. The van der Waals surface area contributed by atoms with Crippen molar-refractivity contribution in [1.29, 1.82) is 0 Å². The molecule has 6 nitrogen and oxygen atoms in total. The molecule has 0 aliphatic carbocycles. The number of thioether (sulfide) groups is 1. The predicted molar refractivity (Wildman–Crippen MR) is 126 cm³/mol. The van der Waals surface area contributed by atoms with E-state index < -0.39 is 0 Å². The monoisotopic (exact) mass is 456 g/mol. The molecule has 1 aliphatic rings. The van der Waals surface area contributed by atoms with Gasteiger partial charge in [-0.2, -0.15) is 0 Å². The summed E-state index contributed by atoms with van der Waals surface area (Å²) in [6.45, 7) is 1.02. The third-order valence-corrected chi connectivity index (χ3v) is 6.17. The van der Waals surface area contributed by atoms with Gasteiger partial charge in [-0.15, -0.1) is 0 Å². The van der Waals surface area contributed by atoms with Crippen molar-refractivity contribution < 1.29 is 19.8 Å². The smallest absolute Gasteiger partial charge is 0.266 e. The molecule has 0 radical (unpaired) electrons. The number of thiocarbonyl (C=S) groups is 1. The number of rotatable bonds is 9. The Hall–Kier alpha value is -2.84. The molecule has 2 amide bonds. The molecule has 0 atom stereocenters. The van der Waals surface area contributed by atoms with Gasteiger partial charge in [-0.3, -0.25) is 14.5 Å². The zero-order valence-electron chi connectivity index (χ0n) is 16.9. The van der Waals surface area contributed by atoms with Gasteiger partial charge in [-0.1, -0.05) is 60.7 Å². The van der Waals surface area contributed by atoms with E-state index in [2.05, 4.69) is 5.32 Å². The van der Waals surface area contributed by atoms with Gasteiger partial charge in [0.15, 0.2) is 0 Å². The number of aromatic hydroxyl groups is 2. The Bertz CT molecular complexity index is 992. The highest BCUT2D eigenvalue weighted by atomic mass is 32.2. The molecule has 1 heterocycles. The molecule has 2 aromatic rings. The minimum atomic E-state index is -0.192. The Balaban J connectivity index is 1.40. The third-order valence-electron chi connectivity index (χ3n) is 4.79. The normalized spacial score (nSPS) is 15.0. The van der Waals surface area contributed by atoms with Crippen LogP contribution in [-0.2, 0) is 16.1 Å². The molecular weight excluding hydrogens is 432 g/mol. The van der Waals surface area contributed by atoms with E-state index in [-0.39, 0.29) is 23.3 Å². The lowest BCUT2D eigenvalue weighted by atomic mass is 10.1. The quantitative estimate of drug-likeness (QED) is 0.298. The highest BCUT2D eigenvalue weighted by Gasteiger charge is 2.31. The average Bonchev–Trinajstić information content (AvgIpc) is 3.02. The van der Waals surface area contributed by atoms with Crippen LogP contribution in [0.15, 0.2) is 53.4 Å². The summed E-state index contributed by atoms with van der Waals surface area (Å²) in [4.78, 5) is 26.6. The highest BCUT2D eigenvalue weighted by molar-refractivity contribution is 8.26. The first-order chi connectivity index (χ1) is 14.9. The minimum absolute atomic E-state index is 0.0195. The summed E-state index contributed by atoms with van der Waals surface area (Å²) in [6, 6.07) is 14.0. The standard InChI is InChI=1S/C23H24N2O4S2/c26-18-11-10-17(19(27)14-18)13-20-22(29)25(23(30)31-20)12-6-2-5-9-21(28)24-15-16-7-3-1-4-8-16/h1,3-4,7-8,10-11,13-14,26-27H,2,5-6,9,12,15H2,(H,24,28)/b20-13-. The maximum Gasteiger partial charge on any atom is 0.266 e. The largest absolute Gasteiger partial charge is 0.508 e. The average molecular weight is 457 g/mol. The van der Waals surface area contributed by atoms with Crippen LogP contribution in [0.5, 0.6) is 11.5 Å². The number of hydrogen-bond donors (Lipinski definition) is 3. The van der Waals surface area contributed by atoms with Gasteiger partial charge in [0.25, 0.3) is 5.91 Å². The minimum Gasteiger partial charge on any atom is -0.508 e. The van der Waals surface area contributed by atoms with E-state index in [4.69, 9.17) is 12.2 Å². The van der Waals surface area contributed by atoms with Crippen LogP contribution < -0.4 is 5.32 Å². The Morgan fingerprint density at radius 2 is 1.87 bits per heavy atom. The van der Waals surface area contributed by atoms with Crippen LogP contribution in [0.3, 0.4) is 0 Å². The zero-order chi connectivity index (χ0) is 22.2. The molecule has 2 aromatic carbocycles. The van der Waals surface area contributed by atoms with Crippen LogP contribution in [-0.4, -0.2) is 37.8 Å². The Kier molecular flexibility index (Phi) is 8.08. The summed E-state index contributed by atoms with van der Waals surface area (Å²) in [5.74, 6) is -0.319. The number of phenolic OH excluding ortho intramolecular Hbond substituents is 2. The fourth-order valence-corrected chi connectivity index (χ4v) is 4.40. The first kappa shape index (κ1) is 22.8.